The molecule has 3 atom stereocenters. The van der Waals surface area contributed by atoms with Crippen molar-refractivity contribution in [3.63, 3.8) is 0 Å². The van der Waals surface area contributed by atoms with E-state index < -0.39 is 10.0 Å². The number of ether oxygens (including phenoxy) is 1. The van der Waals surface area contributed by atoms with Crippen LogP contribution >= 0.6 is 11.6 Å². The van der Waals surface area contributed by atoms with Crippen molar-refractivity contribution in [3.05, 3.63) is 28.8 Å². The van der Waals surface area contributed by atoms with Crippen LogP contribution in [0.4, 0.5) is 0 Å². The number of hydrogen-bond donors (Lipinski definition) is 1. The molecule has 1 saturated carbocycles. The standard InChI is InChI=1S/C17H20ClN3O3S/c18-15-5-11(7-19)1-4-17(15)25(22,23)20-13-6-14-10-24-16(12-2-3-12)9-21(14)8-13/h1,4-5,12-14,16,20H,2-3,6,8-10H2/t13-,14-,16+/m0/s1. The zero-order valence-corrected chi connectivity index (χ0v) is 15.3. The van der Waals surface area contributed by atoms with Crippen molar-refractivity contribution in [2.75, 3.05) is 19.7 Å². The molecule has 0 bridgehead atoms. The summed E-state index contributed by atoms with van der Waals surface area (Å²) in [6, 6.07) is 6.31. The third-order valence-electron chi connectivity index (χ3n) is 5.27. The second-order valence-corrected chi connectivity index (χ2v) is 9.22. The lowest BCUT2D eigenvalue weighted by atomic mass is 10.1. The SMILES string of the molecule is N#Cc1ccc(S(=O)(=O)N[C@H]2C[C@H]3CO[C@@H](C4CC4)CN3C2)c(Cl)c1. The molecule has 1 aliphatic carbocycles. The molecule has 0 unspecified atom stereocenters. The maximum absolute atomic E-state index is 12.7. The Labute approximate surface area is 152 Å². The molecule has 8 heteroatoms. The summed E-state index contributed by atoms with van der Waals surface area (Å²) in [5, 5.41) is 8.95. The van der Waals surface area contributed by atoms with Crippen LogP contribution in [0, 0.1) is 17.2 Å². The second-order valence-electron chi connectivity index (χ2n) is 7.13. The highest BCUT2D eigenvalue weighted by atomic mass is 35.5. The van der Waals surface area contributed by atoms with Gasteiger partial charge in [-0.15, -0.1) is 0 Å². The van der Waals surface area contributed by atoms with Crippen LogP contribution in [-0.2, 0) is 14.8 Å². The smallest absolute Gasteiger partial charge is 0.242 e. The Bertz CT molecular complexity index is 819. The second kappa shape index (κ2) is 6.53. The van der Waals surface area contributed by atoms with Gasteiger partial charge in [-0.2, -0.15) is 5.26 Å². The van der Waals surface area contributed by atoms with Gasteiger partial charge in [0, 0.05) is 25.2 Å². The summed E-state index contributed by atoms with van der Waals surface area (Å²) < 4.78 is 34.1. The number of nitrogens with one attached hydrogen (secondary N) is 1. The van der Waals surface area contributed by atoms with Gasteiger partial charge in [0.1, 0.15) is 4.90 Å². The van der Waals surface area contributed by atoms with E-state index in [1.165, 1.54) is 31.0 Å². The van der Waals surface area contributed by atoms with E-state index in [0.717, 1.165) is 13.0 Å². The highest BCUT2D eigenvalue weighted by Crippen LogP contribution is 2.38. The molecular weight excluding hydrogens is 362 g/mol. The summed E-state index contributed by atoms with van der Waals surface area (Å²) >= 11 is 6.06. The molecule has 3 aliphatic rings. The third-order valence-corrected chi connectivity index (χ3v) is 7.27. The number of sulfonamides is 1. The Morgan fingerprint density at radius 3 is 2.80 bits per heavy atom. The van der Waals surface area contributed by atoms with Crippen LogP contribution in [0.3, 0.4) is 0 Å². The van der Waals surface area contributed by atoms with Crippen molar-refractivity contribution in [1.82, 2.24) is 9.62 Å². The van der Waals surface area contributed by atoms with Crippen LogP contribution in [0.25, 0.3) is 0 Å². The van der Waals surface area contributed by atoms with Crippen molar-refractivity contribution in [3.8, 4) is 6.07 Å². The van der Waals surface area contributed by atoms with Crippen LogP contribution in [0.1, 0.15) is 24.8 Å². The van der Waals surface area contributed by atoms with E-state index in [2.05, 4.69) is 9.62 Å². The topological polar surface area (TPSA) is 82.4 Å². The van der Waals surface area contributed by atoms with Gasteiger partial charge in [-0.05, 0) is 43.4 Å². The van der Waals surface area contributed by atoms with Crippen molar-refractivity contribution < 1.29 is 13.2 Å². The lowest BCUT2D eigenvalue weighted by Gasteiger charge is -2.35. The predicted octanol–water partition coefficient (Wildman–Crippen LogP) is 1.74. The Hall–Kier alpha value is -1.17. The number of fused-ring (bicyclic) bond motifs is 1. The number of benzene rings is 1. The Balaban J connectivity index is 1.44. The minimum absolute atomic E-state index is 0.0187. The predicted molar refractivity (Wildman–Crippen MR) is 92.7 cm³/mol. The van der Waals surface area contributed by atoms with Crippen LogP contribution in [0.5, 0.6) is 0 Å². The molecule has 2 saturated heterocycles. The average molecular weight is 382 g/mol. The first-order chi connectivity index (χ1) is 12.0. The van der Waals surface area contributed by atoms with E-state index in [0.29, 0.717) is 30.7 Å². The number of rotatable bonds is 4. The molecule has 1 aromatic rings. The van der Waals surface area contributed by atoms with Crippen LogP contribution in [0.2, 0.25) is 5.02 Å². The number of nitriles is 1. The van der Waals surface area contributed by atoms with Gasteiger partial charge in [-0.3, -0.25) is 4.90 Å². The number of hydrogen-bond acceptors (Lipinski definition) is 5. The number of morpholine rings is 1. The fraction of sp³-hybridized carbons (Fsp3) is 0.588. The van der Waals surface area contributed by atoms with E-state index >= 15 is 0 Å². The van der Waals surface area contributed by atoms with E-state index in [1.54, 1.807) is 0 Å². The highest BCUT2D eigenvalue weighted by molar-refractivity contribution is 7.89. The van der Waals surface area contributed by atoms with Crippen molar-refractivity contribution in [2.24, 2.45) is 5.92 Å². The van der Waals surface area contributed by atoms with Crippen LogP contribution in [0.15, 0.2) is 23.1 Å². The summed E-state index contributed by atoms with van der Waals surface area (Å²) in [7, 11) is -3.72. The van der Waals surface area contributed by atoms with E-state index in [1.807, 2.05) is 6.07 Å². The third kappa shape index (κ3) is 3.55. The number of halogens is 1. The Morgan fingerprint density at radius 1 is 1.32 bits per heavy atom. The molecule has 0 radical (unpaired) electrons. The van der Waals surface area contributed by atoms with Gasteiger partial charge < -0.3 is 4.74 Å². The fourth-order valence-corrected chi connectivity index (χ4v) is 5.59. The molecule has 2 aliphatic heterocycles. The summed E-state index contributed by atoms with van der Waals surface area (Å²) in [5.41, 5.74) is 0.338. The zero-order valence-electron chi connectivity index (χ0n) is 13.7. The van der Waals surface area contributed by atoms with Gasteiger partial charge in [0.05, 0.1) is 29.4 Å². The minimum atomic E-state index is -3.72. The minimum Gasteiger partial charge on any atom is -0.375 e. The summed E-state index contributed by atoms with van der Waals surface area (Å²) in [4.78, 5) is 2.37. The molecule has 1 N–H and O–H groups in total. The average Bonchev–Trinajstić information content (AvgIpc) is 3.34. The molecule has 0 aromatic heterocycles. The van der Waals surface area contributed by atoms with Crippen LogP contribution < -0.4 is 4.72 Å². The fourth-order valence-electron chi connectivity index (χ4n) is 3.81. The van der Waals surface area contributed by atoms with Gasteiger partial charge in [0.15, 0.2) is 0 Å². The molecule has 2 heterocycles. The normalized spacial score (nSPS) is 30.0. The molecule has 0 amide bonds. The maximum atomic E-state index is 12.7. The summed E-state index contributed by atoms with van der Waals surface area (Å²) in [5.74, 6) is 0.689. The summed E-state index contributed by atoms with van der Waals surface area (Å²) in [6.45, 7) is 2.27. The monoisotopic (exact) mass is 381 g/mol. The van der Waals surface area contributed by atoms with Crippen molar-refractivity contribution in [1.29, 1.82) is 5.26 Å². The van der Waals surface area contributed by atoms with Gasteiger partial charge >= 0.3 is 0 Å². The first-order valence-electron chi connectivity index (χ1n) is 8.54. The van der Waals surface area contributed by atoms with Gasteiger partial charge in [0.2, 0.25) is 10.0 Å². The van der Waals surface area contributed by atoms with Gasteiger partial charge in [-0.1, -0.05) is 11.6 Å². The van der Waals surface area contributed by atoms with Crippen molar-refractivity contribution in [2.45, 2.75) is 42.3 Å². The molecule has 3 fully saturated rings. The molecule has 4 rings (SSSR count). The quantitative estimate of drug-likeness (QED) is 0.859. The maximum Gasteiger partial charge on any atom is 0.242 e. The van der Waals surface area contributed by atoms with E-state index in [-0.39, 0.29) is 22.0 Å². The summed E-state index contributed by atoms with van der Waals surface area (Å²) in [6.07, 6.45) is 3.54. The molecule has 25 heavy (non-hydrogen) atoms. The number of nitrogens with zero attached hydrogens (tertiary/aromatic N) is 2. The first kappa shape index (κ1) is 17.3. The highest BCUT2D eigenvalue weighted by Gasteiger charge is 2.43. The molecule has 6 nitrogen and oxygen atoms in total. The van der Waals surface area contributed by atoms with Crippen LogP contribution in [-0.4, -0.2) is 51.2 Å². The Kier molecular flexibility index (Phi) is 4.50. The lowest BCUT2D eigenvalue weighted by Crippen LogP contribution is -2.47. The lowest BCUT2D eigenvalue weighted by molar-refractivity contribution is -0.0581. The Morgan fingerprint density at radius 2 is 2.12 bits per heavy atom. The molecule has 1 aromatic carbocycles. The largest absolute Gasteiger partial charge is 0.375 e. The molecular formula is C17H20ClN3O3S. The first-order valence-corrected chi connectivity index (χ1v) is 10.4. The zero-order chi connectivity index (χ0) is 17.6. The molecule has 134 valence electrons. The van der Waals surface area contributed by atoms with Crippen molar-refractivity contribution >= 4 is 21.6 Å². The van der Waals surface area contributed by atoms with E-state index in [9.17, 15) is 8.42 Å². The van der Waals surface area contributed by atoms with E-state index in [4.69, 9.17) is 21.6 Å². The van der Waals surface area contributed by atoms with Gasteiger partial charge in [-0.25, -0.2) is 13.1 Å². The molecule has 0 spiro atoms. The van der Waals surface area contributed by atoms with Gasteiger partial charge in [0.25, 0.3) is 0 Å².